The van der Waals surface area contributed by atoms with Crippen LogP contribution in [0.15, 0.2) is 22.5 Å². The number of carbonyl (C=O) groups is 3. The summed E-state index contributed by atoms with van der Waals surface area (Å²) >= 11 is 0. The summed E-state index contributed by atoms with van der Waals surface area (Å²) in [6.45, 7) is 2.41. The van der Waals surface area contributed by atoms with Gasteiger partial charge in [-0.3, -0.25) is 24.2 Å². The standard InChI is InChI=1S/C26H27N3O8/c1-9-20(31)11-6-12-18-16-17(21(32)10(2)26(37-5)24(16)35)22(33)19(28(18)3)13(7-27)29(12)14(8-30)15(11)23(34)25(9)36-4/h12-14,18-19,30,32,35H,6,8H2,1-5H3/t12-,13-,14-,18-,19?/m0/s1. The average molecular weight is 510 g/mol. The van der Waals surface area contributed by atoms with Crippen LogP contribution in [0.1, 0.15) is 40.9 Å². The van der Waals surface area contributed by atoms with Crippen molar-refractivity contribution in [1.82, 2.24) is 9.80 Å². The van der Waals surface area contributed by atoms with Crippen LogP contribution in [0.3, 0.4) is 0 Å². The minimum absolute atomic E-state index is 0.00622. The molecule has 3 N–H and O–H groups in total. The van der Waals surface area contributed by atoms with Crippen LogP contribution < -0.4 is 4.74 Å². The summed E-state index contributed by atoms with van der Waals surface area (Å²) in [5, 5.41) is 43.0. The van der Waals surface area contributed by atoms with Crippen LogP contribution in [0.5, 0.6) is 17.2 Å². The number of carbonyl (C=O) groups excluding carboxylic acids is 3. The molecule has 5 rings (SSSR count). The van der Waals surface area contributed by atoms with Gasteiger partial charge in [0.25, 0.3) is 0 Å². The molecule has 37 heavy (non-hydrogen) atoms. The fourth-order valence-electron chi connectivity index (χ4n) is 6.71. The van der Waals surface area contributed by atoms with Crippen molar-refractivity contribution in [1.29, 1.82) is 5.26 Å². The molecule has 11 heteroatoms. The number of phenolic OH excluding ortho intramolecular Hbond substituents is 2. The highest BCUT2D eigenvalue weighted by Gasteiger charge is 2.60. The molecule has 3 aliphatic heterocycles. The predicted molar refractivity (Wildman–Crippen MR) is 127 cm³/mol. The minimum atomic E-state index is -1.12. The van der Waals surface area contributed by atoms with E-state index >= 15 is 0 Å². The molecule has 0 radical (unpaired) electrons. The number of likely N-dealkylation sites (N-methyl/N-ethyl adjacent to an activating group) is 1. The number of aliphatic hydroxyl groups is 1. The van der Waals surface area contributed by atoms with Gasteiger partial charge in [0.15, 0.2) is 28.8 Å². The summed E-state index contributed by atoms with van der Waals surface area (Å²) in [5.74, 6) is -2.30. The minimum Gasteiger partial charge on any atom is -0.507 e. The Kier molecular flexibility index (Phi) is 5.67. The maximum Gasteiger partial charge on any atom is 0.226 e. The first-order valence-electron chi connectivity index (χ1n) is 11.8. The van der Waals surface area contributed by atoms with E-state index in [4.69, 9.17) is 9.47 Å². The topological polar surface area (TPSA) is 161 Å². The van der Waals surface area contributed by atoms with Gasteiger partial charge in [0.05, 0.1) is 44.5 Å². The van der Waals surface area contributed by atoms with E-state index in [0.29, 0.717) is 0 Å². The Labute approximate surface area is 212 Å². The van der Waals surface area contributed by atoms with E-state index in [1.54, 1.807) is 16.8 Å². The lowest BCUT2D eigenvalue weighted by Crippen LogP contribution is -2.72. The number of hydrogen-bond donors (Lipinski definition) is 3. The molecule has 0 aromatic heterocycles. The van der Waals surface area contributed by atoms with Crippen molar-refractivity contribution >= 4 is 17.3 Å². The number of rotatable bonds is 3. The maximum atomic E-state index is 13.8. The molecule has 0 spiro atoms. The van der Waals surface area contributed by atoms with Crippen LogP contribution in [0.2, 0.25) is 0 Å². The molecule has 3 heterocycles. The van der Waals surface area contributed by atoms with Gasteiger partial charge in [0.2, 0.25) is 5.78 Å². The van der Waals surface area contributed by atoms with Crippen molar-refractivity contribution in [2.45, 2.75) is 50.5 Å². The van der Waals surface area contributed by atoms with Gasteiger partial charge in [-0.15, -0.1) is 0 Å². The van der Waals surface area contributed by atoms with Crippen molar-refractivity contribution in [3.63, 3.8) is 0 Å². The van der Waals surface area contributed by atoms with Crippen LogP contribution in [0, 0.1) is 18.3 Å². The monoisotopic (exact) mass is 509 g/mol. The highest BCUT2D eigenvalue weighted by molar-refractivity contribution is 6.25. The second kappa shape index (κ2) is 8.41. The van der Waals surface area contributed by atoms with Gasteiger partial charge in [-0.05, 0) is 27.3 Å². The van der Waals surface area contributed by atoms with Crippen molar-refractivity contribution in [2.75, 3.05) is 27.9 Å². The van der Waals surface area contributed by atoms with Gasteiger partial charge in [0.1, 0.15) is 17.8 Å². The third-order valence-corrected chi connectivity index (χ3v) is 8.28. The van der Waals surface area contributed by atoms with E-state index in [9.17, 15) is 35.0 Å². The number of benzene rings is 1. The van der Waals surface area contributed by atoms with Crippen LogP contribution in [0.4, 0.5) is 0 Å². The van der Waals surface area contributed by atoms with Crippen LogP contribution in [-0.2, 0) is 14.3 Å². The Bertz CT molecular complexity index is 1390. The largest absolute Gasteiger partial charge is 0.507 e. The first-order valence-corrected chi connectivity index (χ1v) is 11.8. The fraction of sp³-hybridized carbons (Fsp3) is 0.462. The van der Waals surface area contributed by atoms with Gasteiger partial charge < -0.3 is 24.8 Å². The quantitative estimate of drug-likeness (QED) is 0.388. The molecular formula is C26H27N3O8. The Hall–Kier alpha value is -3.72. The van der Waals surface area contributed by atoms with Crippen molar-refractivity contribution < 1.29 is 39.2 Å². The number of phenols is 2. The van der Waals surface area contributed by atoms with Crippen LogP contribution >= 0.6 is 0 Å². The van der Waals surface area contributed by atoms with Gasteiger partial charge in [0, 0.05) is 33.9 Å². The van der Waals surface area contributed by atoms with E-state index in [1.165, 1.54) is 28.1 Å². The Morgan fingerprint density at radius 3 is 2.30 bits per heavy atom. The number of aromatic hydroxyl groups is 2. The number of methoxy groups -OCH3 is 2. The molecule has 194 valence electrons. The first kappa shape index (κ1) is 25.0. The zero-order chi connectivity index (χ0) is 27.1. The van der Waals surface area contributed by atoms with E-state index in [0.717, 1.165) is 0 Å². The zero-order valence-corrected chi connectivity index (χ0v) is 21.0. The molecule has 1 aromatic carbocycles. The fourth-order valence-corrected chi connectivity index (χ4v) is 6.71. The summed E-state index contributed by atoms with van der Waals surface area (Å²) in [5.41, 5.74) is 0.613. The second-order valence-corrected chi connectivity index (χ2v) is 9.76. The average Bonchev–Trinajstić information content (AvgIpc) is 2.87. The van der Waals surface area contributed by atoms with Crippen molar-refractivity contribution in [3.8, 4) is 23.3 Å². The van der Waals surface area contributed by atoms with Crippen LogP contribution in [-0.4, -0.2) is 94.5 Å². The molecule has 1 aromatic rings. The zero-order valence-electron chi connectivity index (χ0n) is 21.0. The molecule has 2 bridgehead atoms. The SMILES string of the molecule is COC1=C(C)C(=O)C2=C(C1=O)[C@H](CO)N1[C@@H](C#N)C3C(=O)c4c(O)c(C)c(OC)c(O)c4[C@H]([C@@H]1C2)N3C. The molecule has 0 amide bonds. The molecular weight excluding hydrogens is 482 g/mol. The van der Waals surface area contributed by atoms with Crippen molar-refractivity contribution in [3.05, 3.63) is 39.2 Å². The van der Waals surface area contributed by atoms with E-state index < -0.39 is 54.2 Å². The Balaban J connectivity index is 1.80. The number of allylic oxidation sites excluding steroid dienone is 2. The summed E-state index contributed by atoms with van der Waals surface area (Å²) < 4.78 is 10.5. The molecule has 1 fully saturated rings. The van der Waals surface area contributed by atoms with E-state index in [2.05, 4.69) is 6.07 Å². The summed E-state index contributed by atoms with van der Waals surface area (Å²) in [6.07, 6.45) is 0.00860. The van der Waals surface area contributed by atoms with Crippen LogP contribution in [0.25, 0.3) is 0 Å². The molecule has 1 aliphatic carbocycles. The highest BCUT2D eigenvalue weighted by Crippen LogP contribution is 2.56. The second-order valence-electron chi connectivity index (χ2n) is 9.76. The molecule has 5 atom stereocenters. The van der Waals surface area contributed by atoms with Gasteiger partial charge in [-0.2, -0.15) is 5.26 Å². The number of fused-ring (bicyclic) bond motifs is 6. The molecule has 0 saturated carbocycles. The lowest BCUT2D eigenvalue weighted by Gasteiger charge is -2.59. The number of nitrogens with zero attached hydrogens (tertiary/aromatic N) is 3. The smallest absolute Gasteiger partial charge is 0.226 e. The van der Waals surface area contributed by atoms with E-state index in [1.807, 2.05) is 0 Å². The van der Waals surface area contributed by atoms with Gasteiger partial charge >= 0.3 is 0 Å². The van der Waals surface area contributed by atoms with Crippen molar-refractivity contribution in [2.24, 2.45) is 0 Å². The number of hydrogen-bond acceptors (Lipinski definition) is 11. The Morgan fingerprint density at radius 2 is 1.73 bits per heavy atom. The lowest BCUT2D eigenvalue weighted by molar-refractivity contribution is -0.122. The Morgan fingerprint density at radius 1 is 1.05 bits per heavy atom. The number of nitriles is 1. The number of piperazine rings is 1. The predicted octanol–water partition coefficient (Wildman–Crippen LogP) is 0.662. The maximum absolute atomic E-state index is 13.8. The first-order chi connectivity index (χ1) is 17.6. The number of ether oxygens (including phenoxy) is 2. The number of aliphatic hydroxyl groups excluding tert-OH is 1. The third kappa shape index (κ3) is 2.94. The van der Waals surface area contributed by atoms with Gasteiger partial charge in [-0.25, -0.2) is 0 Å². The summed E-state index contributed by atoms with van der Waals surface area (Å²) in [7, 11) is 4.26. The molecule has 1 unspecified atom stereocenters. The van der Waals surface area contributed by atoms with Gasteiger partial charge in [-0.1, -0.05) is 0 Å². The number of Topliss-reactive ketones (excluding diaryl/α,β-unsaturated/α-hetero) is 3. The summed E-state index contributed by atoms with van der Waals surface area (Å²) in [6, 6.07) is -2.58. The molecule has 1 saturated heterocycles. The molecule has 4 aliphatic rings. The van der Waals surface area contributed by atoms with E-state index in [-0.39, 0.29) is 62.8 Å². The number of ketones is 3. The third-order valence-electron chi connectivity index (χ3n) is 8.28. The molecule has 11 nitrogen and oxygen atoms in total. The normalized spacial score (nSPS) is 29.5. The highest BCUT2D eigenvalue weighted by atomic mass is 16.5. The summed E-state index contributed by atoms with van der Waals surface area (Å²) in [4.78, 5) is 43.8. The lowest BCUT2D eigenvalue weighted by atomic mass is 9.69.